The van der Waals surface area contributed by atoms with Crippen LogP contribution in [0.25, 0.3) is 10.4 Å². The first-order valence-corrected chi connectivity index (χ1v) is 16.6. The molecular weight excluding hydrogens is 692 g/mol. The van der Waals surface area contributed by atoms with Crippen molar-refractivity contribution in [2.75, 3.05) is 13.1 Å². The third kappa shape index (κ3) is 14.2. The predicted molar refractivity (Wildman–Crippen MR) is 190 cm³/mol. The maximum Gasteiger partial charge on any atom is 0.322 e. The quantitative estimate of drug-likeness (QED) is 0.0294. The highest BCUT2D eigenvalue weighted by Gasteiger charge is 2.33. The standard InChI is InChI=1S/C33H42N12O8/c34-32(35)38-16-6-10-23-29(50)43-33(53)42-25(18-26(46)47)31(52)41-24(17-19-7-2-1-3-8-19)30(51)40-22(28(49)39-23)9-4-5-15-37-27(48)20-11-13-21(14-12-20)44-45-36/h1-3,7-8,11-14,22-25H,4-6,9-10,15-18H2,(H,37,48)(H,39,49)(H,40,51)(H,41,52)(H,46,47)(H4,34,35,38)(H2,42,43,50,53)/t22-,23-,24+,25-/m0/s1. The number of benzene rings is 2. The molecule has 20 nitrogen and oxygen atoms in total. The number of nitrogens with two attached hydrogens (primary N) is 2. The molecule has 282 valence electrons. The predicted octanol–water partition coefficient (Wildman–Crippen LogP) is -0.0381. The molecule has 20 heteroatoms. The number of urea groups is 1. The largest absolute Gasteiger partial charge is 0.481 e. The van der Waals surface area contributed by atoms with Gasteiger partial charge >= 0.3 is 12.0 Å². The lowest BCUT2D eigenvalue weighted by atomic mass is 10.0. The lowest BCUT2D eigenvalue weighted by Gasteiger charge is -2.27. The molecule has 1 fully saturated rings. The van der Waals surface area contributed by atoms with Gasteiger partial charge in [0, 0.05) is 35.7 Å². The fourth-order valence-corrected chi connectivity index (χ4v) is 5.20. The molecule has 4 atom stereocenters. The summed E-state index contributed by atoms with van der Waals surface area (Å²) in [6, 6.07) is 7.79. The van der Waals surface area contributed by atoms with Crippen LogP contribution < -0.4 is 43.4 Å². The zero-order valence-corrected chi connectivity index (χ0v) is 28.6. The summed E-state index contributed by atoms with van der Waals surface area (Å²) in [5.74, 6) is -5.57. The van der Waals surface area contributed by atoms with E-state index in [2.05, 4.69) is 41.6 Å². The number of amides is 7. The Kier molecular flexibility index (Phi) is 16.0. The maximum atomic E-state index is 13.8. The molecule has 2 aromatic rings. The zero-order valence-electron chi connectivity index (χ0n) is 28.6. The summed E-state index contributed by atoms with van der Waals surface area (Å²) in [4.78, 5) is 97.6. The Morgan fingerprint density at radius 2 is 1.38 bits per heavy atom. The van der Waals surface area contributed by atoms with E-state index >= 15 is 0 Å². The molecule has 0 aliphatic carbocycles. The highest BCUT2D eigenvalue weighted by atomic mass is 16.4. The van der Waals surface area contributed by atoms with E-state index in [-0.39, 0.29) is 50.6 Å². The lowest BCUT2D eigenvalue weighted by Crippen LogP contribution is -2.61. The molecule has 7 amide bonds. The van der Waals surface area contributed by atoms with Crippen molar-refractivity contribution in [3.8, 4) is 0 Å². The molecule has 0 radical (unpaired) electrons. The third-order valence-electron chi connectivity index (χ3n) is 7.86. The van der Waals surface area contributed by atoms with Crippen molar-refractivity contribution in [2.45, 2.75) is 69.1 Å². The second-order valence-corrected chi connectivity index (χ2v) is 11.9. The van der Waals surface area contributed by atoms with E-state index in [1.54, 1.807) is 30.3 Å². The number of hydrogen-bond donors (Lipinski definition) is 9. The number of imide groups is 1. The SMILES string of the molecule is [N-]=[N+]=Nc1ccc(C(=O)NCCCC[C@@H]2NC(=O)[C@@H](Cc3ccccc3)NC(=O)[C@H](CC(=O)O)NC(=O)NC(=O)[C@H](CCCN=C(N)N)NC2=O)cc1. The fraction of sp³-hybridized carbons (Fsp3) is 0.394. The second kappa shape index (κ2) is 20.9. The summed E-state index contributed by atoms with van der Waals surface area (Å²) < 4.78 is 0. The van der Waals surface area contributed by atoms with Gasteiger partial charge in [-0.3, -0.25) is 39.1 Å². The Balaban J connectivity index is 1.84. The highest BCUT2D eigenvalue weighted by Crippen LogP contribution is 2.13. The maximum absolute atomic E-state index is 13.8. The van der Waals surface area contributed by atoms with Gasteiger partial charge in [-0.05, 0) is 55.3 Å². The lowest BCUT2D eigenvalue weighted by molar-refractivity contribution is -0.140. The van der Waals surface area contributed by atoms with Crippen molar-refractivity contribution < 1.29 is 38.7 Å². The minimum atomic E-state index is -1.68. The molecule has 1 saturated heterocycles. The van der Waals surface area contributed by atoms with Crippen LogP contribution in [0.1, 0.15) is 54.4 Å². The average Bonchev–Trinajstić information content (AvgIpc) is 3.11. The van der Waals surface area contributed by atoms with Gasteiger partial charge in [0.15, 0.2) is 5.96 Å². The third-order valence-corrected chi connectivity index (χ3v) is 7.86. The van der Waals surface area contributed by atoms with Gasteiger partial charge in [0.25, 0.3) is 11.8 Å². The minimum Gasteiger partial charge on any atom is -0.481 e. The van der Waals surface area contributed by atoms with E-state index in [0.717, 1.165) is 0 Å². The van der Waals surface area contributed by atoms with Crippen LogP contribution in [0.15, 0.2) is 64.7 Å². The molecule has 0 unspecified atom stereocenters. The first-order chi connectivity index (χ1) is 25.4. The van der Waals surface area contributed by atoms with Gasteiger partial charge < -0.3 is 43.2 Å². The van der Waals surface area contributed by atoms with Crippen molar-refractivity contribution in [1.29, 1.82) is 0 Å². The summed E-state index contributed by atoms with van der Waals surface area (Å²) >= 11 is 0. The molecule has 1 aliphatic rings. The van der Waals surface area contributed by atoms with Crippen LogP contribution in [0.2, 0.25) is 0 Å². The van der Waals surface area contributed by atoms with E-state index in [9.17, 15) is 38.7 Å². The number of rotatable bonds is 15. The minimum absolute atomic E-state index is 0.0325. The van der Waals surface area contributed by atoms with E-state index in [0.29, 0.717) is 29.7 Å². The van der Waals surface area contributed by atoms with Crippen molar-refractivity contribution >= 4 is 53.2 Å². The van der Waals surface area contributed by atoms with Gasteiger partial charge in [0.2, 0.25) is 17.7 Å². The number of carbonyl (C=O) groups excluding carboxylic acids is 6. The number of carbonyl (C=O) groups is 7. The van der Waals surface area contributed by atoms with Gasteiger partial charge in [-0.1, -0.05) is 47.6 Å². The average molecular weight is 735 g/mol. The van der Waals surface area contributed by atoms with Crippen LogP contribution in [-0.4, -0.2) is 89.9 Å². The molecule has 1 heterocycles. The van der Waals surface area contributed by atoms with E-state index in [4.69, 9.17) is 17.0 Å². The van der Waals surface area contributed by atoms with Gasteiger partial charge in [0.05, 0.1) is 6.42 Å². The molecule has 1 aliphatic heterocycles. The molecule has 3 rings (SSSR count). The van der Waals surface area contributed by atoms with Crippen LogP contribution in [0.4, 0.5) is 10.5 Å². The Hall–Kier alpha value is -6.69. The van der Waals surface area contributed by atoms with Crippen molar-refractivity contribution in [3.05, 3.63) is 76.2 Å². The first kappa shape index (κ1) is 40.7. The van der Waals surface area contributed by atoms with Crippen molar-refractivity contribution in [3.63, 3.8) is 0 Å². The number of nitrogens with one attached hydrogen (secondary N) is 6. The Labute approximate surface area is 303 Å². The summed E-state index contributed by atoms with van der Waals surface area (Å²) in [7, 11) is 0. The van der Waals surface area contributed by atoms with Crippen LogP contribution in [0, 0.1) is 0 Å². The molecule has 53 heavy (non-hydrogen) atoms. The topological polar surface area (TPSA) is 325 Å². The molecule has 0 spiro atoms. The van der Waals surface area contributed by atoms with Crippen LogP contribution in [0.5, 0.6) is 0 Å². The van der Waals surface area contributed by atoms with Gasteiger partial charge in [-0.15, -0.1) is 0 Å². The normalized spacial score (nSPS) is 19.4. The highest BCUT2D eigenvalue weighted by molar-refractivity contribution is 6.02. The number of guanidine groups is 1. The molecule has 2 aromatic carbocycles. The molecule has 11 N–H and O–H groups in total. The molecule has 0 bridgehead atoms. The number of aliphatic imine (C=N–C) groups is 1. The van der Waals surface area contributed by atoms with E-state index in [1.807, 2.05) is 5.32 Å². The van der Waals surface area contributed by atoms with Crippen molar-refractivity contribution in [2.24, 2.45) is 21.6 Å². The molecule has 0 aromatic heterocycles. The molecular formula is C33H42N12O8. The summed E-state index contributed by atoms with van der Waals surface area (Å²) in [6.07, 6.45) is -0.0856. The number of carboxylic acid groups (broad SMARTS) is 1. The number of nitrogens with zero attached hydrogens (tertiary/aromatic N) is 4. The Bertz CT molecular complexity index is 1710. The second-order valence-electron chi connectivity index (χ2n) is 11.9. The number of azide groups is 1. The number of unbranched alkanes of at least 4 members (excludes halogenated alkanes) is 1. The molecule has 0 saturated carbocycles. The van der Waals surface area contributed by atoms with Crippen LogP contribution in [-0.2, 0) is 30.4 Å². The monoisotopic (exact) mass is 734 g/mol. The fourth-order valence-electron chi connectivity index (χ4n) is 5.20. The summed E-state index contributed by atoms with van der Waals surface area (Å²) in [5.41, 5.74) is 20.6. The van der Waals surface area contributed by atoms with Gasteiger partial charge in [-0.2, -0.15) is 0 Å². The first-order valence-electron chi connectivity index (χ1n) is 16.6. The number of hydrogen-bond acceptors (Lipinski definition) is 9. The smallest absolute Gasteiger partial charge is 0.322 e. The number of aliphatic carboxylic acids is 1. The van der Waals surface area contributed by atoms with Crippen LogP contribution >= 0.6 is 0 Å². The van der Waals surface area contributed by atoms with Gasteiger partial charge in [-0.25, -0.2) is 4.79 Å². The Morgan fingerprint density at radius 3 is 2.02 bits per heavy atom. The van der Waals surface area contributed by atoms with E-state index < -0.39 is 66.2 Å². The van der Waals surface area contributed by atoms with Crippen molar-refractivity contribution in [1.82, 2.24) is 31.9 Å². The van der Waals surface area contributed by atoms with Crippen LogP contribution in [0.3, 0.4) is 0 Å². The summed E-state index contributed by atoms with van der Waals surface area (Å²) in [5, 5.41) is 27.6. The Morgan fingerprint density at radius 1 is 0.774 bits per heavy atom. The summed E-state index contributed by atoms with van der Waals surface area (Å²) in [6.45, 7) is 0.280. The zero-order chi connectivity index (χ0) is 38.8. The van der Waals surface area contributed by atoms with Gasteiger partial charge in [0.1, 0.15) is 24.2 Å². The van der Waals surface area contributed by atoms with E-state index in [1.165, 1.54) is 24.3 Å². The number of carboxylic acids is 1.